The molecule has 2 heterocycles. The van der Waals surface area contributed by atoms with E-state index in [0.29, 0.717) is 18.3 Å². The molecule has 1 unspecified atom stereocenters. The van der Waals surface area contributed by atoms with E-state index in [0.717, 1.165) is 44.8 Å². The molecule has 2 rings (SSSR count). The van der Waals surface area contributed by atoms with E-state index in [4.69, 9.17) is 0 Å². The first kappa shape index (κ1) is 17.7. The Labute approximate surface area is 139 Å². The van der Waals surface area contributed by atoms with Crippen molar-refractivity contribution < 1.29 is 4.79 Å². The SMILES string of the molecule is CC(CC(=O)NCCCCNc1ccccn1)C1CCNCC1. The fourth-order valence-electron chi connectivity index (χ4n) is 3.11. The van der Waals surface area contributed by atoms with Gasteiger partial charge in [-0.1, -0.05) is 13.0 Å². The van der Waals surface area contributed by atoms with Crippen molar-refractivity contribution in [2.45, 2.75) is 39.0 Å². The summed E-state index contributed by atoms with van der Waals surface area (Å²) in [5.41, 5.74) is 0. The third kappa shape index (κ3) is 6.99. The molecule has 128 valence electrons. The molecule has 23 heavy (non-hydrogen) atoms. The fraction of sp³-hybridized carbons (Fsp3) is 0.667. The zero-order valence-corrected chi connectivity index (χ0v) is 14.2. The topological polar surface area (TPSA) is 66.0 Å². The fourth-order valence-corrected chi connectivity index (χ4v) is 3.11. The number of carbonyl (C=O) groups is 1. The number of piperidine rings is 1. The van der Waals surface area contributed by atoms with Crippen LogP contribution in [-0.4, -0.2) is 37.1 Å². The van der Waals surface area contributed by atoms with Crippen molar-refractivity contribution in [3.63, 3.8) is 0 Å². The van der Waals surface area contributed by atoms with E-state index >= 15 is 0 Å². The molecule has 1 aliphatic heterocycles. The van der Waals surface area contributed by atoms with E-state index in [1.165, 1.54) is 12.8 Å². The van der Waals surface area contributed by atoms with Crippen LogP contribution < -0.4 is 16.0 Å². The number of aromatic nitrogens is 1. The summed E-state index contributed by atoms with van der Waals surface area (Å²) in [6, 6.07) is 5.84. The molecule has 0 saturated carbocycles. The number of hydrogen-bond donors (Lipinski definition) is 3. The van der Waals surface area contributed by atoms with Gasteiger partial charge in [-0.15, -0.1) is 0 Å². The molecule has 1 aromatic rings. The summed E-state index contributed by atoms with van der Waals surface area (Å²) in [6.07, 6.45) is 6.87. The first-order valence-corrected chi connectivity index (χ1v) is 8.88. The van der Waals surface area contributed by atoms with Gasteiger partial charge in [0.1, 0.15) is 5.82 Å². The van der Waals surface area contributed by atoms with Crippen LogP contribution in [0.2, 0.25) is 0 Å². The maximum Gasteiger partial charge on any atom is 0.220 e. The van der Waals surface area contributed by atoms with E-state index in [9.17, 15) is 4.79 Å². The molecule has 5 heteroatoms. The molecule has 0 aliphatic carbocycles. The largest absolute Gasteiger partial charge is 0.370 e. The van der Waals surface area contributed by atoms with E-state index in [2.05, 4.69) is 27.9 Å². The van der Waals surface area contributed by atoms with Gasteiger partial charge in [0.05, 0.1) is 0 Å². The van der Waals surface area contributed by atoms with Gasteiger partial charge in [-0.3, -0.25) is 4.79 Å². The van der Waals surface area contributed by atoms with Crippen molar-refractivity contribution >= 4 is 11.7 Å². The van der Waals surface area contributed by atoms with Crippen LogP contribution in [0.4, 0.5) is 5.82 Å². The van der Waals surface area contributed by atoms with E-state index in [1.54, 1.807) is 6.20 Å². The number of unbranched alkanes of at least 4 members (excludes halogenated alkanes) is 1. The number of anilines is 1. The minimum atomic E-state index is 0.203. The van der Waals surface area contributed by atoms with Crippen LogP contribution in [0.1, 0.15) is 39.0 Å². The lowest BCUT2D eigenvalue weighted by Crippen LogP contribution is -2.33. The highest BCUT2D eigenvalue weighted by Crippen LogP contribution is 2.24. The Kier molecular flexibility index (Phi) is 7.87. The van der Waals surface area contributed by atoms with Gasteiger partial charge in [-0.05, 0) is 62.7 Å². The number of nitrogens with zero attached hydrogens (tertiary/aromatic N) is 1. The Hall–Kier alpha value is -1.62. The van der Waals surface area contributed by atoms with Crippen molar-refractivity contribution in [1.29, 1.82) is 0 Å². The van der Waals surface area contributed by atoms with Gasteiger partial charge in [-0.25, -0.2) is 4.98 Å². The molecule has 0 aromatic carbocycles. The summed E-state index contributed by atoms with van der Waals surface area (Å²) in [6.45, 7) is 6.06. The lowest BCUT2D eigenvalue weighted by molar-refractivity contribution is -0.122. The molecule has 0 radical (unpaired) electrons. The standard InChI is InChI=1S/C18H30N4O/c1-15(16-7-12-19-13-8-16)14-18(23)22-11-5-4-10-21-17-6-2-3-9-20-17/h2-3,6,9,15-16,19H,4-5,7-8,10-14H2,1H3,(H,20,21)(H,22,23). The minimum absolute atomic E-state index is 0.203. The zero-order chi connectivity index (χ0) is 16.3. The smallest absolute Gasteiger partial charge is 0.220 e. The second-order valence-corrected chi connectivity index (χ2v) is 6.47. The number of pyridine rings is 1. The normalized spacial score (nSPS) is 16.7. The van der Waals surface area contributed by atoms with Gasteiger partial charge < -0.3 is 16.0 Å². The second kappa shape index (κ2) is 10.2. The second-order valence-electron chi connectivity index (χ2n) is 6.47. The lowest BCUT2D eigenvalue weighted by atomic mass is 9.84. The summed E-state index contributed by atoms with van der Waals surface area (Å²) in [7, 11) is 0. The maximum atomic E-state index is 12.0. The summed E-state index contributed by atoms with van der Waals surface area (Å²) in [5, 5.41) is 9.71. The van der Waals surface area contributed by atoms with Crippen LogP contribution in [0.5, 0.6) is 0 Å². The van der Waals surface area contributed by atoms with Crippen LogP contribution in [0.3, 0.4) is 0 Å². The van der Waals surface area contributed by atoms with Crippen molar-refractivity contribution in [2.75, 3.05) is 31.5 Å². The van der Waals surface area contributed by atoms with Gasteiger partial charge in [0.15, 0.2) is 0 Å². The first-order valence-electron chi connectivity index (χ1n) is 8.88. The zero-order valence-electron chi connectivity index (χ0n) is 14.2. The molecule has 1 fully saturated rings. The molecule has 0 spiro atoms. The molecular weight excluding hydrogens is 288 g/mol. The van der Waals surface area contributed by atoms with Crippen molar-refractivity contribution in [3.05, 3.63) is 24.4 Å². The quantitative estimate of drug-likeness (QED) is 0.612. The summed E-state index contributed by atoms with van der Waals surface area (Å²) in [4.78, 5) is 16.2. The van der Waals surface area contributed by atoms with Crippen molar-refractivity contribution in [2.24, 2.45) is 11.8 Å². The summed E-state index contributed by atoms with van der Waals surface area (Å²) in [5.74, 6) is 2.30. The highest BCUT2D eigenvalue weighted by Gasteiger charge is 2.21. The predicted octanol–water partition coefficient (Wildman–Crippen LogP) is 2.42. The molecule has 1 aromatic heterocycles. The molecule has 1 amide bonds. The Balaban J connectivity index is 1.49. The number of hydrogen-bond acceptors (Lipinski definition) is 4. The predicted molar refractivity (Wildman–Crippen MR) is 94.3 cm³/mol. The molecular formula is C18H30N4O. The molecule has 1 atom stereocenters. The highest BCUT2D eigenvalue weighted by molar-refractivity contribution is 5.76. The van der Waals surface area contributed by atoms with Gasteiger partial charge >= 0.3 is 0 Å². The van der Waals surface area contributed by atoms with Gasteiger partial charge in [0, 0.05) is 25.7 Å². The van der Waals surface area contributed by atoms with Gasteiger partial charge in [0.25, 0.3) is 0 Å². The Morgan fingerprint density at radius 3 is 2.83 bits per heavy atom. The maximum absolute atomic E-state index is 12.0. The van der Waals surface area contributed by atoms with Crippen LogP contribution in [0, 0.1) is 11.8 Å². The molecule has 5 nitrogen and oxygen atoms in total. The summed E-state index contributed by atoms with van der Waals surface area (Å²) >= 11 is 0. The molecule has 0 bridgehead atoms. The summed E-state index contributed by atoms with van der Waals surface area (Å²) < 4.78 is 0. The third-order valence-electron chi connectivity index (χ3n) is 4.59. The Bertz CT molecular complexity index is 446. The van der Waals surface area contributed by atoms with E-state index in [-0.39, 0.29) is 5.91 Å². The van der Waals surface area contributed by atoms with E-state index in [1.807, 2.05) is 18.2 Å². The minimum Gasteiger partial charge on any atom is -0.370 e. The molecule has 1 saturated heterocycles. The number of rotatable bonds is 9. The first-order chi connectivity index (χ1) is 11.3. The molecule has 3 N–H and O–H groups in total. The third-order valence-corrected chi connectivity index (χ3v) is 4.59. The average molecular weight is 318 g/mol. The van der Waals surface area contributed by atoms with Gasteiger partial charge in [0.2, 0.25) is 5.91 Å². The van der Waals surface area contributed by atoms with Crippen molar-refractivity contribution in [3.8, 4) is 0 Å². The Morgan fingerprint density at radius 1 is 1.30 bits per heavy atom. The van der Waals surface area contributed by atoms with Crippen LogP contribution >= 0.6 is 0 Å². The average Bonchev–Trinajstić information content (AvgIpc) is 2.59. The number of amides is 1. The van der Waals surface area contributed by atoms with Crippen molar-refractivity contribution in [1.82, 2.24) is 15.6 Å². The van der Waals surface area contributed by atoms with Gasteiger partial charge in [-0.2, -0.15) is 0 Å². The molecule has 1 aliphatic rings. The van der Waals surface area contributed by atoms with E-state index < -0.39 is 0 Å². The number of carbonyl (C=O) groups excluding carboxylic acids is 1. The van der Waals surface area contributed by atoms with Crippen LogP contribution in [0.25, 0.3) is 0 Å². The highest BCUT2D eigenvalue weighted by atomic mass is 16.1. The van der Waals surface area contributed by atoms with Crippen LogP contribution in [-0.2, 0) is 4.79 Å². The monoisotopic (exact) mass is 318 g/mol. The Morgan fingerprint density at radius 2 is 2.09 bits per heavy atom. The lowest BCUT2D eigenvalue weighted by Gasteiger charge is -2.27. The number of nitrogens with one attached hydrogen (secondary N) is 3. The van der Waals surface area contributed by atoms with Crippen LogP contribution in [0.15, 0.2) is 24.4 Å².